The molecule has 94 valence electrons. The second-order valence-electron chi connectivity index (χ2n) is 3.39. The van der Waals surface area contributed by atoms with Crippen LogP contribution < -0.4 is 5.32 Å². The molecule has 7 nitrogen and oxygen atoms in total. The van der Waals surface area contributed by atoms with Gasteiger partial charge in [-0.2, -0.15) is 4.98 Å². The average Bonchev–Trinajstić information content (AvgIpc) is 2.76. The standard InChI is InChI=1S/C10H9N3O4S/c14-9(15)7(5-18-13-16)12-10-11-6-3-1-2-4-8(6)17-10/h1-4,7H,5H2,(H,11,12)(H,14,15)/t7-/m1/s1. The third-order valence-corrected chi connectivity index (χ3v) is 2.77. The molecule has 0 amide bonds. The molecular weight excluding hydrogens is 258 g/mol. The second kappa shape index (κ2) is 5.50. The van der Waals surface area contributed by atoms with Gasteiger partial charge in [-0.05, 0) is 12.1 Å². The van der Waals surface area contributed by atoms with Gasteiger partial charge in [0.25, 0.3) is 6.01 Å². The molecule has 0 saturated heterocycles. The Morgan fingerprint density at radius 3 is 3.00 bits per heavy atom. The van der Waals surface area contributed by atoms with Crippen LogP contribution in [0.2, 0.25) is 0 Å². The van der Waals surface area contributed by atoms with E-state index >= 15 is 0 Å². The highest BCUT2D eigenvalue weighted by atomic mass is 32.2. The Labute approximate surface area is 106 Å². The number of fused-ring (bicyclic) bond motifs is 1. The van der Waals surface area contributed by atoms with Crippen LogP contribution in [-0.4, -0.2) is 27.9 Å². The first kappa shape index (κ1) is 12.4. The molecule has 2 aromatic rings. The van der Waals surface area contributed by atoms with Gasteiger partial charge in [-0.1, -0.05) is 12.1 Å². The Morgan fingerprint density at radius 2 is 2.33 bits per heavy atom. The third-order valence-electron chi connectivity index (χ3n) is 2.18. The van der Waals surface area contributed by atoms with Gasteiger partial charge in [0.2, 0.25) is 0 Å². The van der Waals surface area contributed by atoms with Crippen LogP contribution >= 0.6 is 11.9 Å². The van der Waals surface area contributed by atoms with E-state index in [0.717, 1.165) is 0 Å². The Bertz CT molecular complexity index is 538. The number of nitroso groups, excluding NO2 is 1. The zero-order valence-corrected chi connectivity index (χ0v) is 9.88. The van der Waals surface area contributed by atoms with Crippen molar-refractivity contribution in [3.8, 4) is 0 Å². The fourth-order valence-electron chi connectivity index (χ4n) is 1.36. The van der Waals surface area contributed by atoms with Gasteiger partial charge in [0.05, 0.1) is 0 Å². The van der Waals surface area contributed by atoms with Crippen molar-refractivity contribution in [3.05, 3.63) is 29.2 Å². The van der Waals surface area contributed by atoms with E-state index in [1.165, 1.54) is 0 Å². The van der Waals surface area contributed by atoms with Crippen molar-refractivity contribution >= 4 is 35.0 Å². The third kappa shape index (κ3) is 2.77. The van der Waals surface area contributed by atoms with Crippen molar-refractivity contribution in [2.75, 3.05) is 11.1 Å². The van der Waals surface area contributed by atoms with Crippen molar-refractivity contribution < 1.29 is 14.3 Å². The zero-order valence-electron chi connectivity index (χ0n) is 9.07. The number of carbonyl (C=O) groups is 1. The maximum Gasteiger partial charge on any atom is 0.327 e. The largest absolute Gasteiger partial charge is 0.480 e. The molecule has 18 heavy (non-hydrogen) atoms. The molecule has 8 heteroatoms. The first-order valence-corrected chi connectivity index (χ1v) is 5.94. The molecule has 1 aromatic carbocycles. The smallest absolute Gasteiger partial charge is 0.327 e. The maximum atomic E-state index is 10.9. The van der Waals surface area contributed by atoms with E-state index in [2.05, 4.69) is 14.9 Å². The minimum Gasteiger partial charge on any atom is -0.480 e. The molecule has 0 radical (unpaired) electrons. The van der Waals surface area contributed by atoms with E-state index in [1.54, 1.807) is 24.3 Å². The predicted molar refractivity (Wildman–Crippen MR) is 67.3 cm³/mol. The normalized spacial score (nSPS) is 12.2. The summed E-state index contributed by atoms with van der Waals surface area (Å²) < 4.78 is 7.88. The number of hydrogen-bond acceptors (Lipinski definition) is 7. The molecule has 1 aromatic heterocycles. The van der Waals surface area contributed by atoms with Crippen LogP contribution in [0.15, 0.2) is 33.3 Å². The summed E-state index contributed by atoms with van der Waals surface area (Å²) in [6.07, 6.45) is 0. The number of oxazole rings is 1. The summed E-state index contributed by atoms with van der Waals surface area (Å²) in [6.45, 7) is 0. The molecule has 0 aliphatic heterocycles. The topological polar surface area (TPSA) is 105 Å². The van der Waals surface area contributed by atoms with Crippen molar-refractivity contribution in [3.63, 3.8) is 0 Å². The quantitative estimate of drug-likeness (QED) is 0.610. The van der Waals surface area contributed by atoms with Gasteiger partial charge >= 0.3 is 5.97 Å². The Balaban J connectivity index is 2.14. The Hall–Kier alpha value is -2.09. The van der Waals surface area contributed by atoms with Crippen LogP contribution in [0, 0.1) is 4.91 Å². The lowest BCUT2D eigenvalue weighted by Gasteiger charge is -2.09. The molecular formula is C10H9N3O4S. The summed E-state index contributed by atoms with van der Waals surface area (Å²) in [5.41, 5.74) is 1.19. The number of anilines is 1. The van der Waals surface area contributed by atoms with Crippen LogP contribution in [0.5, 0.6) is 0 Å². The SMILES string of the molecule is O=NSC[C@@H](Nc1nc2ccccc2o1)C(=O)O. The molecule has 0 aliphatic rings. The lowest BCUT2D eigenvalue weighted by molar-refractivity contribution is -0.137. The van der Waals surface area contributed by atoms with Crippen molar-refractivity contribution in [1.29, 1.82) is 0 Å². The van der Waals surface area contributed by atoms with Crippen LogP contribution in [0.4, 0.5) is 6.01 Å². The van der Waals surface area contributed by atoms with Crippen LogP contribution in [0.3, 0.4) is 0 Å². The number of rotatable bonds is 6. The molecule has 1 heterocycles. The van der Waals surface area contributed by atoms with Crippen molar-refractivity contribution in [1.82, 2.24) is 4.98 Å². The van der Waals surface area contributed by atoms with Gasteiger partial charge in [-0.3, -0.25) is 0 Å². The summed E-state index contributed by atoms with van der Waals surface area (Å²) in [6, 6.07) is 6.19. The maximum absolute atomic E-state index is 10.9. The number of benzene rings is 1. The molecule has 2 rings (SSSR count). The molecule has 0 aliphatic carbocycles. The zero-order chi connectivity index (χ0) is 13.0. The highest BCUT2D eigenvalue weighted by Gasteiger charge is 2.20. The molecule has 0 bridgehead atoms. The minimum absolute atomic E-state index is 0.00242. The first-order chi connectivity index (χ1) is 8.70. The molecule has 0 unspecified atom stereocenters. The number of carboxylic acids is 1. The number of aromatic nitrogens is 1. The first-order valence-electron chi connectivity index (χ1n) is 5.00. The van der Waals surface area contributed by atoms with E-state index in [1.807, 2.05) is 0 Å². The summed E-state index contributed by atoms with van der Waals surface area (Å²) in [7, 11) is 0. The highest BCUT2D eigenvalue weighted by molar-refractivity contribution is 7.97. The fraction of sp³-hybridized carbons (Fsp3) is 0.200. The Kier molecular flexibility index (Phi) is 3.78. The summed E-state index contributed by atoms with van der Waals surface area (Å²) in [4.78, 5) is 25.0. The molecule has 2 N–H and O–H groups in total. The van der Waals surface area contributed by atoms with Crippen LogP contribution in [-0.2, 0) is 4.79 Å². The number of nitrogens with one attached hydrogen (secondary N) is 1. The van der Waals surface area contributed by atoms with Crippen LogP contribution in [0.1, 0.15) is 0 Å². The fourth-order valence-corrected chi connectivity index (χ4v) is 1.80. The van der Waals surface area contributed by atoms with Gasteiger partial charge in [0.1, 0.15) is 11.6 Å². The number of carboxylic acid groups (broad SMARTS) is 1. The predicted octanol–water partition coefficient (Wildman–Crippen LogP) is 2.11. The molecule has 0 fully saturated rings. The molecule has 1 atom stereocenters. The molecule has 0 saturated carbocycles. The summed E-state index contributed by atoms with van der Waals surface area (Å²) in [5, 5.41) is 11.6. The van der Waals surface area contributed by atoms with Crippen molar-refractivity contribution in [2.45, 2.75) is 6.04 Å². The molecule has 0 spiro atoms. The van der Waals surface area contributed by atoms with Gasteiger partial charge in [-0.15, -0.1) is 4.91 Å². The van der Waals surface area contributed by atoms with Gasteiger partial charge in [-0.25, -0.2) is 4.79 Å². The highest BCUT2D eigenvalue weighted by Crippen LogP contribution is 2.19. The van der Waals surface area contributed by atoms with Gasteiger partial charge in [0, 0.05) is 22.3 Å². The monoisotopic (exact) mass is 267 g/mol. The van der Waals surface area contributed by atoms with Crippen molar-refractivity contribution in [2.24, 2.45) is 4.58 Å². The van der Waals surface area contributed by atoms with Gasteiger partial charge in [0.15, 0.2) is 5.58 Å². The summed E-state index contributed by atoms with van der Waals surface area (Å²) >= 11 is 0.627. The Morgan fingerprint density at radius 1 is 1.56 bits per heavy atom. The van der Waals surface area contributed by atoms with E-state index < -0.39 is 12.0 Å². The van der Waals surface area contributed by atoms with E-state index in [4.69, 9.17) is 9.52 Å². The van der Waals surface area contributed by atoms with E-state index in [9.17, 15) is 9.70 Å². The number of aliphatic carboxylic acids is 1. The lowest BCUT2D eigenvalue weighted by atomic mass is 10.3. The van der Waals surface area contributed by atoms with E-state index in [0.29, 0.717) is 23.0 Å². The van der Waals surface area contributed by atoms with Gasteiger partial charge < -0.3 is 14.8 Å². The minimum atomic E-state index is -1.10. The number of para-hydroxylation sites is 2. The van der Waals surface area contributed by atoms with E-state index in [-0.39, 0.29) is 11.8 Å². The summed E-state index contributed by atoms with van der Waals surface area (Å²) in [5.74, 6) is -1.11. The lowest BCUT2D eigenvalue weighted by Crippen LogP contribution is -2.31. The number of nitrogens with zero attached hydrogens (tertiary/aromatic N) is 2. The van der Waals surface area contributed by atoms with Crippen LogP contribution in [0.25, 0.3) is 11.1 Å². The second-order valence-corrected chi connectivity index (χ2v) is 4.13. The number of hydrogen-bond donors (Lipinski definition) is 2. The average molecular weight is 267 g/mol.